The van der Waals surface area contributed by atoms with Gasteiger partial charge in [0.1, 0.15) is 11.5 Å². The standard InChI is InChI=1S/C24H35N5O3.HI/c1-25-24(26-10-5-7-12-29-11-6-4-8-23(29)30)27-20-9-13-28(18-20)17-19-14-21(31-2)16-22(15-19)32-3;/h4,6,8,11,14-16,20H,5,7,9-10,12-13,17-18H2,1-3H3,(H2,25,26,27);1H. The summed E-state index contributed by atoms with van der Waals surface area (Å²) in [7, 11) is 5.15. The Morgan fingerprint density at radius 2 is 1.91 bits per heavy atom. The van der Waals surface area contributed by atoms with Crippen LogP contribution in [0.2, 0.25) is 0 Å². The minimum absolute atomic E-state index is 0. The number of nitrogens with zero attached hydrogens (tertiary/aromatic N) is 3. The van der Waals surface area contributed by atoms with Crippen LogP contribution in [-0.4, -0.2) is 62.4 Å². The fraction of sp³-hybridized carbons (Fsp3) is 0.500. The topological polar surface area (TPSA) is 80.1 Å². The SMILES string of the molecule is CN=C(NCCCCn1ccccc1=O)NC1CCN(Cc2cc(OC)cc(OC)c2)C1.I. The average molecular weight is 569 g/mol. The number of benzene rings is 1. The molecule has 2 N–H and O–H groups in total. The van der Waals surface area contributed by atoms with Gasteiger partial charge in [0.2, 0.25) is 5.56 Å². The predicted octanol–water partition coefficient (Wildman–Crippen LogP) is 2.70. The second-order valence-electron chi connectivity index (χ2n) is 8.02. The maximum atomic E-state index is 11.7. The molecule has 1 aliphatic rings. The van der Waals surface area contributed by atoms with Gasteiger partial charge >= 0.3 is 0 Å². The number of aryl methyl sites for hydroxylation is 1. The summed E-state index contributed by atoms with van der Waals surface area (Å²) in [5.41, 5.74) is 1.23. The van der Waals surface area contributed by atoms with Gasteiger partial charge in [0.15, 0.2) is 5.96 Å². The van der Waals surface area contributed by atoms with E-state index in [0.29, 0.717) is 6.04 Å². The van der Waals surface area contributed by atoms with Crippen molar-refractivity contribution < 1.29 is 9.47 Å². The Kier molecular flexibility index (Phi) is 11.5. The van der Waals surface area contributed by atoms with Gasteiger partial charge in [-0.3, -0.25) is 14.7 Å². The first-order valence-corrected chi connectivity index (χ1v) is 11.2. The van der Waals surface area contributed by atoms with Crippen LogP contribution in [0.15, 0.2) is 52.4 Å². The molecule has 1 aromatic heterocycles. The zero-order valence-electron chi connectivity index (χ0n) is 19.8. The Bertz CT molecular complexity index is 927. The van der Waals surface area contributed by atoms with Gasteiger partial charge < -0.3 is 24.7 Å². The van der Waals surface area contributed by atoms with Gasteiger partial charge in [-0.2, -0.15) is 0 Å². The minimum atomic E-state index is 0. The molecule has 0 spiro atoms. The highest BCUT2D eigenvalue weighted by Gasteiger charge is 2.23. The number of aromatic nitrogens is 1. The van der Waals surface area contributed by atoms with Crippen LogP contribution >= 0.6 is 24.0 Å². The van der Waals surface area contributed by atoms with Crippen molar-refractivity contribution in [3.8, 4) is 11.5 Å². The number of pyridine rings is 1. The van der Waals surface area contributed by atoms with E-state index in [1.54, 1.807) is 38.0 Å². The summed E-state index contributed by atoms with van der Waals surface area (Å²) in [5.74, 6) is 2.46. The van der Waals surface area contributed by atoms with Crippen molar-refractivity contribution in [3.63, 3.8) is 0 Å². The lowest BCUT2D eigenvalue weighted by atomic mass is 10.2. The number of rotatable bonds is 10. The van der Waals surface area contributed by atoms with Crippen molar-refractivity contribution in [1.29, 1.82) is 0 Å². The molecule has 0 aliphatic carbocycles. The number of hydrogen-bond acceptors (Lipinski definition) is 5. The summed E-state index contributed by atoms with van der Waals surface area (Å²) < 4.78 is 12.5. The molecule has 0 saturated carbocycles. The predicted molar refractivity (Wildman–Crippen MR) is 143 cm³/mol. The smallest absolute Gasteiger partial charge is 0.250 e. The van der Waals surface area contributed by atoms with E-state index in [4.69, 9.17) is 9.47 Å². The number of guanidine groups is 1. The highest BCUT2D eigenvalue weighted by Crippen LogP contribution is 2.24. The molecule has 1 saturated heterocycles. The Hall–Kier alpha value is -2.27. The normalized spacial score (nSPS) is 16.2. The lowest BCUT2D eigenvalue weighted by molar-refractivity contribution is 0.321. The molecule has 3 rings (SSSR count). The number of methoxy groups -OCH3 is 2. The summed E-state index contributed by atoms with van der Waals surface area (Å²) in [6.07, 6.45) is 4.81. The first kappa shape index (κ1) is 27.0. The van der Waals surface area contributed by atoms with Crippen molar-refractivity contribution in [2.45, 2.75) is 38.4 Å². The lowest BCUT2D eigenvalue weighted by Crippen LogP contribution is -2.44. The van der Waals surface area contributed by atoms with E-state index >= 15 is 0 Å². The van der Waals surface area contributed by atoms with Crippen LogP contribution in [0.1, 0.15) is 24.8 Å². The molecule has 9 heteroatoms. The quantitative estimate of drug-likeness (QED) is 0.198. The summed E-state index contributed by atoms with van der Waals surface area (Å²) >= 11 is 0. The van der Waals surface area contributed by atoms with E-state index in [9.17, 15) is 4.79 Å². The largest absolute Gasteiger partial charge is 0.497 e. The van der Waals surface area contributed by atoms with Crippen LogP contribution in [0.5, 0.6) is 11.5 Å². The summed E-state index contributed by atoms with van der Waals surface area (Å²) in [6, 6.07) is 11.6. The first-order chi connectivity index (χ1) is 15.6. The van der Waals surface area contributed by atoms with Gasteiger partial charge in [-0.15, -0.1) is 24.0 Å². The molecule has 182 valence electrons. The Morgan fingerprint density at radius 1 is 1.15 bits per heavy atom. The number of aliphatic imine (C=N–C) groups is 1. The maximum absolute atomic E-state index is 11.7. The molecule has 0 radical (unpaired) electrons. The van der Waals surface area contributed by atoms with E-state index in [1.807, 2.05) is 18.3 Å². The maximum Gasteiger partial charge on any atom is 0.250 e. The molecule has 2 heterocycles. The monoisotopic (exact) mass is 569 g/mol. The Labute approximate surface area is 213 Å². The van der Waals surface area contributed by atoms with E-state index in [-0.39, 0.29) is 29.5 Å². The molecule has 1 aliphatic heterocycles. The lowest BCUT2D eigenvalue weighted by Gasteiger charge is -2.19. The van der Waals surface area contributed by atoms with Crippen LogP contribution in [0.4, 0.5) is 0 Å². The van der Waals surface area contributed by atoms with Crippen molar-refractivity contribution in [2.24, 2.45) is 4.99 Å². The van der Waals surface area contributed by atoms with Crippen LogP contribution in [0, 0.1) is 0 Å². The number of unbranched alkanes of at least 4 members (excludes halogenated alkanes) is 1. The van der Waals surface area contributed by atoms with Crippen molar-refractivity contribution >= 4 is 29.9 Å². The van der Waals surface area contributed by atoms with Crippen molar-refractivity contribution in [3.05, 3.63) is 58.5 Å². The molecule has 0 bridgehead atoms. The third-order valence-electron chi connectivity index (χ3n) is 5.67. The third kappa shape index (κ3) is 8.54. The molecular weight excluding hydrogens is 533 g/mol. The third-order valence-corrected chi connectivity index (χ3v) is 5.67. The molecule has 1 fully saturated rings. The molecule has 1 unspecified atom stereocenters. The number of hydrogen-bond donors (Lipinski definition) is 2. The Balaban J connectivity index is 0.00000385. The van der Waals surface area contributed by atoms with Crippen LogP contribution in [0.25, 0.3) is 0 Å². The first-order valence-electron chi connectivity index (χ1n) is 11.2. The van der Waals surface area contributed by atoms with Gasteiger partial charge in [0, 0.05) is 64.1 Å². The molecule has 0 amide bonds. The van der Waals surface area contributed by atoms with E-state index in [0.717, 1.165) is 69.4 Å². The highest BCUT2D eigenvalue weighted by molar-refractivity contribution is 14.0. The molecule has 1 aromatic carbocycles. The average Bonchev–Trinajstić information content (AvgIpc) is 3.25. The molecule has 1 atom stereocenters. The number of halogens is 1. The Morgan fingerprint density at radius 3 is 2.58 bits per heavy atom. The van der Waals surface area contributed by atoms with Crippen LogP contribution < -0.4 is 25.7 Å². The van der Waals surface area contributed by atoms with E-state index in [2.05, 4.69) is 32.7 Å². The number of ether oxygens (including phenoxy) is 2. The highest BCUT2D eigenvalue weighted by atomic mass is 127. The van der Waals surface area contributed by atoms with Crippen LogP contribution in [-0.2, 0) is 13.1 Å². The second kappa shape index (κ2) is 14.1. The fourth-order valence-electron chi connectivity index (χ4n) is 3.96. The number of likely N-dealkylation sites (tertiary alicyclic amines) is 1. The van der Waals surface area contributed by atoms with E-state index < -0.39 is 0 Å². The van der Waals surface area contributed by atoms with Crippen LogP contribution in [0.3, 0.4) is 0 Å². The second-order valence-corrected chi connectivity index (χ2v) is 8.02. The van der Waals surface area contributed by atoms with Crippen molar-refractivity contribution in [1.82, 2.24) is 20.1 Å². The fourth-order valence-corrected chi connectivity index (χ4v) is 3.96. The molecule has 8 nitrogen and oxygen atoms in total. The van der Waals surface area contributed by atoms with E-state index in [1.165, 1.54) is 5.56 Å². The van der Waals surface area contributed by atoms with Crippen molar-refractivity contribution in [2.75, 3.05) is 40.9 Å². The van der Waals surface area contributed by atoms with Gasteiger partial charge in [0.05, 0.1) is 14.2 Å². The van der Waals surface area contributed by atoms with Gasteiger partial charge in [-0.25, -0.2) is 0 Å². The molecular formula is C24H36IN5O3. The molecule has 33 heavy (non-hydrogen) atoms. The molecule has 2 aromatic rings. The zero-order chi connectivity index (χ0) is 22.8. The number of nitrogens with one attached hydrogen (secondary N) is 2. The summed E-state index contributed by atoms with van der Waals surface area (Å²) in [4.78, 5) is 18.5. The summed E-state index contributed by atoms with van der Waals surface area (Å²) in [5, 5.41) is 6.93. The summed E-state index contributed by atoms with van der Waals surface area (Å²) in [6.45, 7) is 4.40. The van der Waals surface area contributed by atoms with Gasteiger partial charge in [-0.1, -0.05) is 6.07 Å². The van der Waals surface area contributed by atoms with Gasteiger partial charge in [0.25, 0.3) is 0 Å². The van der Waals surface area contributed by atoms with Gasteiger partial charge in [-0.05, 0) is 43.0 Å². The zero-order valence-corrected chi connectivity index (χ0v) is 22.1. The minimum Gasteiger partial charge on any atom is -0.497 e.